The summed E-state index contributed by atoms with van der Waals surface area (Å²) in [4.78, 5) is 41.7. The standard InChI is InChI=1S/C20H25N3O4/c1-12-17(13(2)22-18(12)14(3)24)20(26)23-8-6-15(7-9-23)19(25)21-11-16-5-4-10-27-16/h4-5,10,15,22H,6-9,11H2,1-3H3,(H,21,25). The Morgan fingerprint density at radius 1 is 1.26 bits per heavy atom. The maximum atomic E-state index is 12.9. The minimum atomic E-state index is -0.106. The van der Waals surface area contributed by atoms with Gasteiger partial charge in [0.25, 0.3) is 5.91 Å². The van der Waals surface area contributed by atoms with Gasteiger partial charge in [-0.25, -0.2) is 0 Å². The lowest BCUT2D eigenvalue weighted by Crippen LogP contribution is -2.43. The molecule has 0 saturated carbocycles. The average molecular weight is 371 g/mol. The number of carbonyl (C=O) groups excluding carboxylic acids is 3. The Balaban J connectivity index is 1.58. The molecule has 0 aliphatic carbocycles. The number of aromatic amines is 1. The molecule has 3 heterocycles. The second-order valence-corrected chi connectivity index (χ2v) is 7.04. The van der Waals surface area contributed by atoms with E-state index in [1.165, 1.54) is 6.92 Å². The van der Waals surface area contributed by atoms with Crippen LogP contribution in [0.15, 0.2) is 22.8 Å². The number of carbonyl (C=O) groups is 3. The number of piperidine rings is 1. The summed E-state index contributed by atoms with van der Waals surface area (Å²) in [5.74, 6) is 0.442. The molecule has 144 valence electrons. The zero-order chi connectivity index (χ0) is 19.6. The van der Waals surface area contributed by atoms with Crippen LogP contribution < -0.4 is 5.32 Å². The van der Waals surface area contributed by atoms with Crippen LogP contribution in [0.2, 0.25) is 0 Å². The third-order valence-electron chi connectivity index (χ3n) is 5.17. The van der Waals surface area contributed by atoms with Gasteiger partial charge in [-0.2, -0.15) is 0 Å². The summed E-state index contributed by atoms with van der Waals surface area (Å²) >= 11 is 0. The second-order valence-electron chi connectivity index (χ2n) is 7.04. The SMILES string of the molecule is CC(=O)c1[nH]c(C)c(C(=O)N2CCC(C(=O)NCc3ccco3)CC2)c1C. The van der Waals surface area contributed by atoms with E-state index < -0.39 is 0 Å². The van der Waals surface area contributed by atoms with Crippen molar-refractivity contribution in [2.75, 3.05) is 13.1 Å². The lowest BCUT2D eigenvalue weighted by atomic mass is 9.95. The van der Waals surface area contributed by atoms with Crippen LogP contribution >= 0.6 is 0 Å². The largest absolute Gasteiger partial charge is 0.467 e. The Kier molecular flexibility index (Phi) is 5.48. The smallest absolute Gasteiger partial charge is 0.255 e. The highest BCUT2D eigenvalue weighted by molar-refractivity contribution is 6.02. The van der Waals surface area contributed by atoms with Crippen LogP contribution in [0.1, 0.15) is 57.6 Å². The number of hydrogen-bond donors (Lipinski definition) is 2. The van der Waals surface area contributed by atoms with Gasteiger partial charge in [0.2, 0.25) is 5.91 Å². The number of nitrogens with one attached hydrogen (secondary N) is 2. The van der Waals surface area contributed by atoms with Crippen molar-refractivity contribution in [1.82, 2.24) is 15.2 Å². The van der Waals surface area contributed by atoms with Crippen LogP contribution in [0.5, 0.6) is 0 Å². The number of aromatic nitrogens is 1. The molecule has 0 atom stereocenters. The number of furan rings is 1. The van der Waals surface area contributed by atoms with Crippen molar-refractivity contribution >= 4 is 17.6 Å². The Bertz CT molecular complexity index is 843. The molecular weight excluding hydrogens is 346 g/mol. The molecule has 27 heavy (non-hydrogen) atoms. The Morgan fingerprint density at radius 2 is 1.96 bits per heavy atom. The van der Waals surface area contributed by atoms with Gasteiger partial charge in [0.05, 0.1) is 24.1 Å². The topological polar surface area (TPSA) is 95.4 Å². The number of amides is 2. The molecule has 2 aromatic rings. The van der Waals surface area contributed by atoms with Gasteiger partial charge < -0.3 is 19.6 Å². The fourth-order valence-corrected chi connectivity index (χ4v) is 3.66. The number of Topliss-reactive ketones (excluding diaryl/α,β-unsaturated/α-hetero) is 1. The normalized spacial score (nSPS) is 15.0. The monoisotopic (exact) mass is 371 g/mol. The van der Waals surface area contributed by atoms with Crippen molar-refractivity contribution in [2.24, 2.45) is 5.92 Å². The van der Waals surface area contributed by atoms with Gasteiger partial charge in [0.15, 0.2) is 5.78 Å². The predicted octanol–water partition coefficient (Wildman–Crippen LogP) is 2.60. The summed E-state index contributed by atoms with van der Waals surface area (Å²) in [6, 6.07) is 3.60. The molecule has 0 radical (unpaired) electrons. The first kappa shape index (κ1) is 18.9. The molecule has 1 aliphatic rings. The lowest BCUT2D eigenvalue weighted by molar-refractivity contribution is -0.126. The van der Waals surface area contributed by atoms with E-state index in [4.69, 9.17) is 4.42 Å². The van der Waals surface area contributed by atoms with E-state index in [0.29, 0.717) is 55.0 Å². The number of hydrogen-bond acceptors (Lipinski definition) is 4. The maximum Gasteiger partial charge on any atom is 0.255 e. The van der Waals surface area contributed by atoms with Crippen molar-refractivity contribution in [1.29, 1.82) is 0 Å². The summed E-state index contributed by atoms with van der Waals surface area (Å²) in [7, 11) is 0. The molecule has 0 spiro atoms. The number of rotatable bonds is 5. The highest BCUT2D eigenvalue weighted by Gasteiger charge is 2.30. The first-order valence-corrected chi connectivity index (χ1v) is 9.18. The quantitative estimate of drug-likeness (QED) is 0.790. The van der Waals surface area contributed by atoms with Gasteiger partial charge in [-0.3, -0.25) is 14.4 Å². The minimum absolute atomic E-state index is 0.00799. The Hall–Kier alpha value is -2.83. The zero-order valence-corrected chi connectivity index (χ0v) is 15.9. The number of ketones is 1. The van der Waals surface area contributed by atoms with E-state index in [1.54, 1.807) is 24.2 Å². The van der Waals surface area contributed by atoms with Gasteiger partial charge in [-0.1, -0.05) is 0 Å². The molecule has 3 rings (SSSR count). The highest BCUT2D eigenvalue weighted by atomic mass is 16.3. The molecule has 2 aromatic heterocycles. The van der Waals surface area contributed by atoms with Crippen LogP contribution in [0.3, 0.4) is 0 Å². The van der Waals surface area contributed by atoms with E-state index >= 15 is 0 Å². The van der Waals surface area contributed by atoms with Crippen LogP contribution in [-0.4, -0.2) is 40.6 Å². The van der Waals surface area contributed by atoms with Crippen molar-refractivity contribution in [3.8, 4) is 0 Å². The number of aryl methyl sites for hydroxylation is 1. The minimum Gasteiger partial charge on any atom is -0.467 e. The van der Waals surface area contributed by atoms with E-state index in [2.05, 4.69) is 10.3 Å². The molecular formula is C20H25N3O4. The molecule has 1 saturated heterocycles. The molecule has 0 bridgehead atoms. The van der Waals surface area contributed by atoms with Crippen molar-refractivity contribution < 1.29 is 18.8 Å². The molecule has 1 fully saturated rings. The van der Waals surface area contributed by atoms with Crippen LogP contribution in [0.4, 0.5) is 0 Å². The average Bonchev–Trinajstić information content (AvgIpc) is 3.27. The van der Waals surface area contributed by atoms with Crippen molar-refractivity contribution in [2.45, 2.75) is 40.2 Å². The fraction of sp³-hybridized carbons (Fsp3) is 0.450. The summed E-state index contributed by atoms with van der Waals surface area (Å²) in [6.07, 6.45) is 2.82. The molecule has 7 nitrogen and oxygen atoms in total. The van der Waals surface area contributed by atoms with Crippen LogP contribution in [0.25, 0.3) is 0 Å². The molecule has 2 amide bonds. The summed E-state index contributed by atoms with van der Waals surface area (Å²) in [5.41, 5.74) is 2.47. The van der Waals surface area contributed by atoms with Gasteiger partial charge in [0.1, 0.15) is 5.76 Å². The molecule has 0 aromatic carbocycles. The fourth-order valence-electron chi connectivity index (χ4n) is 3.66. The summed E-state index contributed by atoms with van der Waals surface area (Å²) < 4.78 is 5.22. The van der Waals surface area contributed by atoms with Crippen LogP contribution in [-0.2, 0) is 11.3 Å². The third-order valence-corrected chi connectivity index (χ3v) is 5.17. The predicted molar refractivity (Wildman–Crippen MR) is 99.5 cm³/mol. The van der Waals surface area contributed by atoms with Gasteiger partial charge >= 0.3 is 0 Å². The summed E-state index contributed by atoms with van der Waals surface area (Å²) in [6.45, 7) is 6.51. The van der Waals surface area contributed by atoms with Gasteiger partial charge in [-0.05, 0) is 44.4 Å². The number of likely N-dealkylation sites (tertiary alicyclic amines) is 1. The highest BCUT2D eigenvalue weighted by Crippen LogP contribution is 2.24. The molecule has 2 N–H and O–H groups in total. The van der Waals surface area contributed by atoms with E-state index in [9.17, 15) is 14.4 Å². The van der Waals surface area contributed by atoms with E-state index in [1.807, 2.05) is 13.0 Å². The zero-order valence-electron chi connectivity index (χ0n) is 15.9. The lowest BCUT2D eigenvalue weighted by Gasteiger charge is -2.31. The summed E-state index contributed by atoms with van der Waals surface area (Å²) in [5, 5.41) is 2.89. The van der Waals surface area contributed by atoms with E-state index in [-0.39, 0.29) is 23.5 Å². The number of H-pyrrole nitrogens is 1. The van der Waals surface area contributed by atoms with Crippen molar-refractivity contribution in [3.05, 3.63) is 46.7 Å². The number of nitrogens with zero attached hydrogens (tertiary/aromatic N) is 1. The van der Waals surface area contributed by atoms with Crippen molar-refractivity contribution in [3.63, 3.8) is 0 Å². The molecule has 1 aliphatic heterocycles. The van der Waals surface area contributed by atoms with Gasteiger partial charge in [-0.15, -0.1) is 0 Å². The first-order valence-electron chi connectivity index (χ1n) is 9.18. The molecule has 0 unspecified atom stereocenters. The third kappa shape index (κ3) is 3.97. The Labute approximate surface area is 158 Å². The van der Waals surface area contributed by atoms with E-state index in [0.717, 1.165) is 5.76 Å². The maximum absolute atomic E-state index is 12.9. The molecule has 7 heteroatoms. The van der Waals surface area contributed by atoms with Gasteiger partial charge in [0, 0.05) is 31.6 Å². The second kappa shape index (κ2) is 7.82. The Morgan fingerprint density at radius 3 is 2.52 bits per heavy atom. The first-order chi connectivity index (χ1) is 12.9. The van der Waals surface area contributed by atoms with Crippen LogP contribution in [0, 0.1) is 19.8 Å².